The van der Waals surface area contributed by atoms with E-state index in [0.29, 0.717) is 25.9 Å². The number of ketones is 1. The fourth-order valence-corrected chi connectivity index (χ4v) is 3.03. The maximum Gasteiger partial charge on any atom is 0.306 e. The summed E-state index contributed by atoms with van der Waals surface area (Å²) >= 11 is 0. The van der Waals surface area contributed by atoms with E-state index in [2.05, 4.69) is 5.32 Å². The summed E-state index contributed by atoms with van der Waals surface area (Å²) in [4.78, 5) is 48.4. The summed E-state index contributed by atoms with van der Waals surface area (Å²) in [5.41, 5.74) is -1.01. The molecule has 1 fully saturated rings. The molecule has 1 amide bonds. The van der Waals surface area contributed by atoms with Crippen LogP contribution in [-0.4, -0.2) is 63.9 Å². The first-order valence-corrected chi connectivity index (χ1v) is 8.21. The van der Waals surface area contributed by atoms with Gasteiger partial charge < -0.3 is 20.4 Å². The second-order valence-electron chi connectivity index (χ2n) is 6.30. The van der Waals surface area contributed by atoms with Gasteiger partial charge in [-0.2, -0.15) is 0 Å². The lowest BCUT2D eigenvalue weighted by Crippen LogP contribution is -2.53. The molecule has 0 aliphatic carbocycles. The summed E-state index contributed by atoms with van der Waals surface area (Å²) in [6, 6.07) is 0. The number of rotatable bonds is 10. The Bertz CT molecular complexity index is 507. The van der Waals surface area contributed by atoms with Crippen molar-refractivity contribution in [1.82, 2.24) is 10.2 Å². The number of hydrogen-bond acceptors (Lipinski definition) is 5. The van der Waals surface area contributed by atoms with E-state index in [1.165, 1.54) is 4.90 Å². The average Bonchev–Trinajstić information content (AvgIpc) is 2.91. The third-order valence-corrected chi connectivity index (χ3v) is 4.56. The Labute approximate surface area is 141 Å². The summed E-state index contributed by atoms with van der Waals surface area (Å²) < 4.78 is 0. The van der Waals surface area contributed by atoms with Crippen molar-refractivity contribution in [3.8, 4) is 0 Å². The summed E-state index contributed by atoms with van der Waals surface area (Å²) in [5, 5.41) is 20.8. The minimum atomic E-state index is -1.18. The van der Waals surface area contributed by atoms with E-state index in [-0.39, 0.29) is 37.5 Å². The van der Waals surface area contributed by atoms with Crippen LogP contribution in [0.2, 0.25) is 0 Å². The van der Waals surface area contributed by atoms with Gasteiger partial charge in [0, 0.05) is 19.4 Å². The van der Waals surface area contributed by atoms with Crippen LogP contribution in [-0.2, 0) is 19.2 Å². The number of aliphatic carboxylic acids is 2. The van der Waals surface area contributed by atoms with Gasteiger partial charge in [-0.25, -0.2) is 0 Å². The van der Waals surface area contributed by atoms with E-state index in [1.54, 1.807) is 6.92 Å². The molecule has 0 radical (unpaired) electrons. The van der Waals surface area contributed by atoms with Crippen molar-refractivity contribution in [2.24, 2.45) is 5.92 Å². The molecule has 2 atom stereocenters. The van der Waals surface area contributed by atoms with Crippen LogP contribution in [0, 0.1) is 5.92 Å². The largest absolute Gasteiger partial charge is 0.481 e. The molecule has 136 valence electrons. The highest BCUT2D eigenvalue weighted by Gasteiger charge is 2.45. The Kier molecular flexibility index (Phi) is 7.34. The first-order valence-electron chi connectivity index (χ1n) is 8.21. The van der Waals surface area contributed by atoms with Gasteiger partial charge in [-0.05, 0) is 32.7 Å². The Morgan fingerprint density at radius 1 is 1.25 bits per heavy atom. The van der Waals surface area contributed by atoms with Gasteiger partial charge in [0.1, 0.15) is 0 Å². The zero-order valence-electron chi connectivity index (χ0n) is 14.2. The predicted octanol–water partition coefficient (Wildman–Crippen LogP) is 0.502. The van der Waals surface area contributed by atoms with Gasteiger partial charge >= 0.3 is 11.9 Å². The van der Waals surface area contributed by atoms with Crippen molar-refractivity contribution in [3.63, 3.8) is 0 Å². The topological polar surface area (TPSA) is 124 Å². The van der Waals surface area contributed by atoms with Gasteiger partial charge in [0.05, 0.1) is 18.0 Å². The molecule has 8 nitrogen and oxygen atoms in total. The maximum absolute atomic E-state index is 12.7. The van der Waals surface area contributed by atoms with Gasteiger partial charge in [-0.3, -0.25) is 19.2 Å². The fraction of sp³-hybridized carbons (Fsp3) is 0.750. The smallest absolute Gasteiger partial charge is 0.306 e. The number of carbonyl (C=O) groups excluding carboxylic acids is 2. The second kappa shape index (κ2) is 8.77. The van der Waals surface area contributed by atoms with Gasteiger partial charge in [-0.15, -0.1) is 0 Å². The molecule has 0 saturated carbocycles. The molecular weight excluding hydrogens is 316 g/mol. The van der Waals surface area contributed by atoms with Crippen LogP contribution in [0.4, 0.5) is 0 Å². The Balaban J connectivity index is 2.79. The molecule has 1 rings (SSSR count). The zero-order chi connectivity index (χ0) is 18.3. The number of carbonyl (C=O) groups is 4. The minimum absolute atomic E-state index is 0.0994. The first kappa shape index (κ1) is 20.1. The van der Waals surface area contributed by atoms with E-state index in [4.69, 9.17) is 5.11 Å². The quantitative estimate of drug-likeness (QED) is 0.528. The van der Waals surface area contributed by atoms with Crippen LogP contribution >= 0.6 is 0 Å². The van der Waals surface area contributed by atoms with Gasteiger partial charge in [0.15, 0.2) is 5.78 Å². The van der Waals surface area contributed by atoms with Crippen molar-refractivity contribution >= 4 is 23.6 Å². The molecule has 0 aromatic carbocycles. The molecule has 8 heteroatoms. The van der Waals surface area contributed by atoms with Gasteiger partial charge in [-0.1, -0.05) is 6.92 Å². The number of carboxylic acid groups (broad SMARTS) is 2. The lowest BCUT2D eigenvalue weighted by atomic mass is 9.85. The molecule has 1 aliphatic rings. The van der Waals surface area contributed by atoms with Crippen LogP contribution in [0.3, 0.4) is 0 Å². The number of hydrogen-bond donors (Lipinski definition) is 3. The third kappa shape index (κ3) is 5.02. The van der Waals surface area contributed by atoms with Crippen molar-refractivity contribution in [2.45, 2.75) is 51.5 Å². The third-order valence-electron chi connectivity index (χ3n) is 4.56. The lowest BCUT2D eigenvalue weighted by Gasteiger charge is -2.34. The summed E-state index contributed by atoms with van der Waals surface area (Å²) in [5.74, 6) is -3.82. The Hall–Kier alpha value is -1.96. The number of nitrogens with one attached hydrogen (secondary N) is 1. The summed E-state index contributed by atoms with van der Waals surface area (Å²) in [7, 11) is 0. The molecule has 24 heavy (non-hydrogen) atoms. The Morgan fingerprint density at radius 3 is 2.46 bits per heavy atom. The van der Waals surface area contributed by atoms with Crippen molar-refractivity contribution in [1.29, 1.82) is 0 Å². The lowest BCUT2D eigenvalue weighted by molar-refractivity contribution is -0.148. The molecule has 0 bridgehead atoms. The number of amides is 1. The van der Waals surface area contributed by atoms with Crippen molar-refractivity contribution in [2.75, 3.05) is 19.6 Å². The van der Waals surface area contributed by atoms with Crippen molar-refractivity contribution < 1.29 is 29.4 Å². The van der Waals surface area contributed by atoms with E-state index < -0.39 is 23.4 Å². The molecule has 3 N–H and O–H groups in total. The number of carboxylic acids is 2. The maximum atomic E-state index is 12.7. The van der Waals surface area contributed by atoms with E-state index in [1.807, 2.05) is 6.92 Å². The summed E-state index contributed by atoms with van der Waals surface area (Å²) in [6.45, 7) is 4.80. The van der Waals surface area contributed by atoms with Crippen LogP contribution in [0.25, 0.3) is 0 Å². The molecule has 1 heterocycles. The highest BCUT2D eigenvalue weighted by atomic mass is 16.4. The first-order chi connectivity index (χ1) is 11.2. The molecular formula is C16H26N2O6. The number of Topliss-reactive ketones (excluding diaryl/α,β-unsaturated/α-hetero) is 1. The molecule has 0 aromatic heterocycles. The standard InChI is InChI=1S/C16H26N2O6/c1-3-17-10-13(20)18-8-4-7-16(18,2)12(19)9-11(15(23)24)5-6-14(21)22/h11,17H,3-10H2,1-2H3,(H,21,22)(H,23,24). The highest BCUT2D eigenvalue weighted by molar-refractivity contribution is 5.95. The second-order valence-corrected chi connectivity index (χ2v) is 6.30. The molecule has 1 aliphatic heterocycles. The normalized spacial score (nSPS) is 21.5. The molecule has 0 aromatic rings. The monoisotopic (exact) mass is 342 g/mol. The highest BCUT2D eigenvalue weighted by Crippen LogP contribution is 2.32. The van der Waals surface area contributed by atoms with Gasteiger partial charge in [0.25, 0.3) is 0 Å². The number of likely N-dealkylation sites (N-methyl/N-ethyl adjacent to an activating group) is 1. The molecule has 1 saturated heterocycles. The van der Waals surface area contributed by atoms with Crippen LogP contribution < -0.4 is 5.32 Å². The molecule has 2 unspecified atom stereocenters. The number of nitrogens with zero attached hydrogens (tertiary/aromatic N) is 1. The average molecular weight is 342 g/mol. The SMILES string of the molecule is CCNCC(=O)N1CCCC1(C)C(=O)CC(CCC(=O)O)C(=O)O. The zero-order valence-corrected chi connectivity index (χ0v) is 14.2. The van der Waals surface area contributed by atoms with Crippen LogP contribution in [0.5, 0.6) is 0 Å². The predicted molar refractivity (Wildman–Crippen MR) is 85.5 cm³/mol. The van der Waals surface area contributed by atoms with Crippen LogP contribution in [0.1, 0.15) is 46.0 Å². The van der Waals surface area contributed by atoms with E-state index in [9.17, 15) is 24.3 Å². The van der Waals surface area contributed by atoms with Crippen molar-refractivity contribution in [3.05, 3.63) is 0 Å². The van der Waals surface area contributed by atoms with Gasteiger partial charge in [0.2, 0.25) is 5.91 Å². The minimum Gasteiger partial charge on any atom is -0.481 e. The van der Waals surface area contributed by atoms with Crippen LogP contribution in [0.15, 0.2) is 0 Å². The Morgan fingerprint density at radius 2 is 1.92 bits per heavy atom. The van der Waals surface area contributed by atoms with E-state index >= 15 is 0 Å². The van der Waals surface area contributed by atoms with E-state index in [0.717, 1.165) is 0 Å². The molecule has 0 spiro atoms. The number of likely N-dealkylation sites (tertiary alicyclic amines) is 1. The fourth-order valence-electron chi connectivity index (χ4n) is 3.03. The summed E-state index contributed by atoms with van der Waals surface area (Å²) in [6.07, 6.45) is 0.522.